The monoisotopic (exact) mass is 334 g/mol. The minimum Gasteiger partial charge on any atom is -0.439 e. The smallest absolute Gasteiger partial charge is 0.219 e. The van der Waals surface area contributed by atoms with E-state index >= 15 is 0 Å². The Labute approximate surface area is 146 Å². The highest BCUT2D eigenvalue weighted by molar-refractivity contribution is 5.81. The highest BCUT2D eigenvalue weighted by atomic mass is 16.5. The van der Waals surface area contributed by atoms with Crippen LogP contribution in [0.4, 0.5) is 0 Å². The van der Waals surface area contributed by atoms with E-state index in [9.17, 15) is 9.90 Å². The normalized spacial score (nSPS) is 11.8. The van der Waals surface area contributed by atoms with E-state index in [0.717, 1.165) is 11.1 Å². The van der Waals surface area contributed by atoms with Crippen LogP contribution in [0, 0.1) is 6.92 Å². The summed E-state index contributed by atoms with van der Waals surface area (Å²) in [5.74, 6) is 0.863. The number of ether oxygens (including phenoxy) is 1. The molecule has 5 nitrogen and oxygen atoms in total. The zero-order valence-electron chi connectivity index (χ0n) is 14.0. The SMILES string of the molecule is CC(=O)[C@H](O)c1cccc(-c2ccc(Oc3ccc(C)cn3)cc2)n1. The number of aromatic nitrogens is 2. The van der Waals surface area contributed by atoms with Crippen molar-refractivity contribution in [1.29, 1.82) is 0 Å². The summed E-state index contributed by atoms with van der Waals surface area (Å²) in [6, 6.07) is 16.4. The molecule has 0 saturated heterocycles. The van der Waals surface area contributed by atoms with Gasteiger partial charge in [-0.1, -0.05) is 12.1 Å². The number of carbonyl (C=O) groups excluding carboxylic acids is 1. The van der Waals surface area contributed by atoms with Crippen LogP contribution in [-0.2, 0) is 4.79 Å². The van der Waals surface area contributed by atoms with E-state index in [-0.39, 0.29) is 5.78 Å². The van der Waals surface area contributed by atoms with Gasteiger partial charge in [-0.15, -0.1) is 0 Å². The molecule has 0 bridgehead atoms. The molecule has 0 unspecified atom stereocenters. The minimum absolute atomic E-state index is 0.334. The number of rotatable bonds is 5. The molecule has 25 heavy (non-hydrogen) atoms. The fourth-order valence-corrected chi connectivity index (χ4v) is 2.30. The van der Waals surface area contributed by atoms with E-state index in [1.54, 1.807) is 18.3 Å². The molecule has 0 saturated carbocycles. The van der Waals surface area contributed by atoms with E-state index in [1.807, 2.05) is 49.4 Å². The third kappa shape index (κ3) is 4.08. The summed E-state index contributed by atoms with van der Waals surface area (Å²) < 4.78 is 5.70. The maximum atomic E-state index is 11.3. The standard InChI is InChI=1S/C20H18N2O3/c1-13-6-11-19(21-12-13)25-16-9-7-15(8-10-16)17-4-3-5-18(22-17)20(24)14(2)23/h3-12,20,24H,1-2H3/t20-/m0/s1. The lowest BCUT2D eigenvalue weighted by Gasteiger charge is -2.09. The molecule has 1 aromatic carbocycles. The maximum absolute atomic E-state index is 11.3. The van der Waals surface area contributed by atoms with Crippen molar-refractivity contribution in [2.24, 2.45) is 0 Å². The third-order valence-corrected chi connectivity index (χ3v) is 3.69. The van der Waals surface area contributed by atoms with Crippen LogP contribution in [-0.4, -0.2) is 20.9 Å². The lowest BCUT2D eigenvalue weighted by molar-refractivity contribution is -0.125. The summed E-state index contributed by atoms with van der Waals surface area (Å²) in [7, 11) is 0. The van der Waals surface area contributed by atoms with Gasteiger partial charge in [0.1, 0.15) is 5.75 Å². The Kier molecular flexibility index (Phi) is 4.86. The summed E-state index contributed by atoms with van der Waals surface area (Å²) in [6.07, 6.45) is 0.551. The molecule has 2 heterocycles. The van der Waals surface area contributed by atoms with Gasteiger partial charge in [-0.25, -0.2) is 9.97 Å². The van der Waals surface area contributed by atoms with Gasteiger partial charge >= 0.3 is 0 Å². The van der Waals surface area contributed by atoms with Crippen molar-refractivity contribution in [2.75, 3.05) is 0 Å². The molecule has 3 rings (SSSR count). The first kappa shape index (κ1) is 16.8. The number of aliphatic hydroxyl groups is 1. The number of pyridine rings is 2. The van der Waals surface area contributed by atoms with Crippen molar-refractivity contribution >= 4 is 5.78 Å². The second kappa shape index (κ2) is 7.23. The number of benzene rings is 1. The summed E-state index contributed by atoms with van der Waals surface area (Å²) in [5.41, 5.74) is 2.95. The number of Topliss-reactive ketones (excluding diaryl/α,β-unsaturated/α-hetero) is 1. The second-order valence-corrected chi connectivity index (χ2v) is 5.76. The number of aliphatic hydroxyl groups excluding tert-OH is 1. The van der Waals surface area contributed by atoms with Gasteiger partial charge in [0.25, 0.3) is 0 Å². The van der Waals surface area contributed by atoms with Crippen LogP contribution in [0.1, 0.15) is 24.3 Å². The van der Waals surface area contributed by atoms with E-state index in [4.69, 9.17) is 4.74 Å². The highest BCUT2D eigenvalue weighted by Crippen LogP contribution is 2.25. The quantitative estimate of drug-likeness (QED) is 0.767. The summed E-state index contributed by atoms with van der Waals surface area (Å²) in [5, 5.41) is 9.86. The first-order valence-electron chi connectivity index (χ1n) is 7.89. The molecule has 0 aliphatic carbocycles. The van der Waals surface area contributed by atoms with E-state index in [0.29, 0.717) is 23.0 Å². The van der Waals surface area contributed by atoms with Crippen LogP contribution in [0.3, 0.4) is 0 Å². The van der Waals surface area contributed by atoms with Crippen molar-refractivity contribution in [3.8, 4) is 22.9 Å². The molecule has 1 N–H and O–H groups in total. The van der Waals surface area contributed by atoms with Crippen molar-refractivity contribution in [3.05, 3.63) is 72.1 Å². The van der Waals surface area contributed by atoms with Gasteiger partial charge in [-0.05, 0) is 55.8 Å². The lowest BCUT2D eigenvalue weighted by Crippen LogP contribution is -2.09. The van der Waals surface area contributed by atoms with Gasteiger partial charge in [0.05, 0.1) is 11.4 Å². The first-order valence-corrected chi connectivity index (χ1v) is 7.89. The van der Waals surface area contributed by atoms with Crippen molar-refractivity contribution in [1.82, 2.24) is 9.97 Å². The van der Waals surface area contributed by atoms with Crippen molar-refractivity contribution < 1.29 is 14.6 Å². The molecular formula is C20H18N2O3. The summed E-state index contributed by atoms with van der Waals surface area (Å²) >= 11 is 0. The number of hydrogen-bond donors (Lipinski definition) is 1. The van der Waals surface area contributed by atoms with Gasteiger partial charge < -0.3 is 9.84 Å². The van der Waals surface area contributed by atoms with Gasteiger partial charge in [-0.2, -0.15) is 0 Å². The zero-order chi connectivity index (χ0) is 17.8. The van der Waals surface area contributed by atoms with Gasteiger partial charge in [-0.3, -0.25) is 4.79 Å². The van der Waals surface area contributed by atoms with Crippen LogP contribution < -0.4 is 4.74 Å². The van der Waals surface area contributed by atoms with Gasteiger partial charge in [0, 0.05) is 17.8 Å². The number of hydrogen-bond acceptors (Lipinski definition) is 5. The molecule has 0 fully saturated rings. The van der Waals surface area contributed by atoms with E-state index < -0.39 is 6.10 Å². The fraction of sp³-hybridized carbons (Fsp3) is 0.150. The molecule has 5 heteroatoms. The molecule has 126 valence electrons. The first-order chi connectivity index (χ1) is 12.0. The number of aryl methyl sites for hydroxylation is 1. The number of ketones is 1. The third-order valence-electron chi connectivity index (χ3n) is 3.69. The average molecular weight is 334 g/mol. The zero-order valence-corrected chi connectivity index (χ0v) is 14.0. The van der Waals surface area contributed by atoms with Crippen molar-refractivity contribution in [3.63, 3.8) is 0 Å². The Morgan fingerprint density at radius 2 is 1.84 bits per heavy atom. The Hall–Kier alpha value is -3.05. The molecule has 0 aliphatic heterocycles. The van der Waals surface area contributed by atoms with Crippen LogP contribution in [0.15, 0.2) is 60.8 Å². The Bertz CT molecular complexity index is 874. The molecule has 0 radical (unpaired) electrons. The van der Waals surface area contributed by atoms with E-state index in [2.05, 4.69) is 9.97 Å². The maximum Gasteiger partial charge on any atom is 0.219 e. The molecule has 0 aliphatic rings. The molecular weight excluding hydrogens is 316 g/mol. The van der Waals surface area contributed by atoms with Crippen molar-refractivity contribution in [2.45, 2.75) is 20.0 Å². The Morgan fingerprint density at radius 1 is 1.08 bits per heavy atom. The van der Waals surface area contributed by atoms with Gasteiger partial charge in [0.15, 0.2) is 11.9 Å². The molecule has 3 aromatic rings. The summed E-state index contributed by atoms with van der Waals surface area (Å²) in [4.78, 5) is 19.9. The predicted molar refractivity (Wildman–Crippen MR) is 94.4 cm³/mol. The molecule has 1 atom stereocenters. The number of carbonyl (C=O) groups is 1. The fourth-order valence-electron chi connectivity index (χ4n) is 2.30. The number of nitrogens with zero attached hydrogens (tertiary/aromatic N) is 2. The lowest BCUT2D eigenvalue weighted by atomic mass is 10.1. The van der Waals surface area contributed by atoms with E-state index in [1.165, 1.54) is 6.92 Å². The van der Waals surface area contributed by atoms with Crippen LogP contribution >= 0.6 is 0 Å². The largest absolute Gasteiger partial charge is 0.439 e. The van der Waals surface area contributed by atoms with Gasteiger partial charge in [0.2, 0.25) is 5.88 Å². The van der Waals surface area contributed by atoms with Crippen LogP contribution in [0.2, 0.25) is 0 Å². The minimum atomic E-state index is -1.20. The van der Waals surface area contributed by atoms with Crippen LogP contribution in [0.25, 0.3) is 11.3 Å². The molecule has 0 amide bonds. The second-order valence-electron chi connectivity index (χ2n) is 5.76. The average Bonchev–Trinajstić information content (AvgIpc) is 2.63. The van der Waals surface area contributed by atoms with Crippen LogP contribution in [0.5, 0.6) is 11.6 Å². The summed E-state index contributed by atoms with van der Waals surface area (Å²) in [6.45, 7) is 3.31. The topological polar surface area (TPSA) is 72.3 Å². The predicted octanol–water partition coefficient (Wildman–Crippen LogP) is 3.87. The molecule has 0 spiro atoms. The highest BCUT2D eigenvalue weighted by Gasteiger charge is 2.14. The molecule has 2 aromatic heterocycles. The Balaban J connectivity index is 1.79. The Morgan fingerprint density at radius 3 is 2.48 bits per heavy atom.